The van der Waals surface area contributed by atoms with Gasteiger partial charge < -0.3 is 15.2 Å². The molecule has 1 amide bonds. The maximum absolute atomic E-state index is 12.6. The van der Waals surface area contributed by atoms with Gasteiger partial charge in [-0.15, -0.1) is 0 Å². The van der Waals surface area contributed by atoms with Gasteiger partial charge >= 0.3 is 11.9 Å². The van der Waals surface area contributed by atoms with Crippen molar-refractivity contribution in [3.63, 3.8) is 0 Å². The van der Waals surface area contributed by atoms with Crippen molar-refractivity contribution in [2.75, 3.05) is 6.54 Å². The van der Waals surface area contributed by atoms with Gasteiger partial charge in [-0.1, -0.05) is 136 Å². The van der Waals surface area contributed by atoms with Gasteiger partial charge in [0.2, 0.25) is 5.91 Å². The molecule has 0 aromatic rings. The number of hydrogen-bond acceptors (Lipinski definition) is 4. The topological polar surface area (TPSA) is 92.7 Å². The van der Waals surface area contributed by atoms with Crippen LogP contribution in [0.15, 0.2) is 0 Å². The molecule has 0 aliphatic rings. The summed E-state index contributed by atoms with van der Waals surface area (Å²) in [5, 5.41) is 11.0. The second-order valence-corrected chi connectivity index (χ2v) is 11.8. The summed E-state index contributed by atoms with van der Waals surface area (Å²) in [6.45, 7) is 4.20. The van der Waals surface area contributed by atoms with Gasteiger partial charge in [-0.05, 0) is 38.5 Å². The number of amides is 1. The lowest BCUT2D eigenvalue weighted by Crippen LogP contribution is -2.28. The molecule has 0 spiro atoms. The average molecular weight is 568 g/mol. The number of nitrogens with one attached hydrogen (secondary N) is 1. The van der Waals surface area contributed by atoms with Gasteiger partial charge in [0.25, 0.3) is 0 Å². The second kappa shape index (κ2) is 30.4. The van der Waals surface area contributed by atoms with Crippen molar-refractivity contribution in [1.82, 2.24) is 5.32 Å². The Balaban J connectivity index is 4.11. The summed E-state index contributed by atoms with van der Waals surface area (Å²) in [5.74, 6) is -1.22. The highest BCUT2D eigenvalue weighted by Gasteiger charge is 2.14. The third kappa shape index (κ3) is 29.4. The number of aliphatic carboxylic acids is 1. The summed E-state index contributed by atoms with van der Waals surface area (Å²) in [4.78, 5) is 34.7. The molecule has 0 saturated heterocycles. The molecule has 0 radical (unpaired) electrons. The van der Waals surface area contributed by atoms with Crippen LogP contribution in [0.3, 0.4) is 0 Å². The molecule has 6 nitrogen and oxygen atoms in total. The van der Waals surface area contributed by atoms with Crippen molar-refractivity contribution in [1.29, 1.82) is 0 Å². The maximum Gasteiger partial charge on any atom is 0.322 e. The van der Waals surface area contributed by atoms with E-state index in [4.69, 9.17) is 9.84 Å². The van der Waals surface area contributed by atoms with E-state index < -0.39 is 5.97 Å². The Kier molecular flexibility index (Phi) is 29.2. The van der Waals surface area contributed by atoms with Crippen molar-refractivity contribution >= 4 is 17.8 Å². The third-order valence-corrected chi connectivity index (χ3v) is 7.78. The Morgan fingerprint density at radius 1 is 0.550 bits per heavy atom. The molecule has 0 aromatic carbocycles. The van der Waals surface area contributed by atoms with Gasteiger partial charge in [0.1, 0.15) is 12.6 Å². The molecule has 236 valence electrons. The summed E-state index contributed by atoms with van der Waals surface area (Å²) in [7, 11) is 0. The lowest BCUT2D eigenvalue weighted by atomic mass is 10.0. The van der Waals surface area contributed by atoms with Crippen LogP contribution < -0.4 is 5.32 Å². The number of unbranched alkanes of at least 4 members (excludes halogenated alkanes) is 20. The zero-order valence-electron chi connectivity index (χ0n) is 26.5. The molecule has 0 rings (SSSR count). The van der Waals surface area contributed by atoms with E-state index in [2.05, 4.69) is 19.2 Å². The van der Waals surface area contributed by atoms with Crippen LogP contribution in [-0.4, -0.2) is 35.6 Å². The first kappa shape index (κ1) is 38.4. The zero-order valence-corrected chi connectivity index (χ0v) is 26.5. The number of carboxylic acid groups (broad SMARTS) is 1. The predicted molar refractivity (Wildman–Crippen MR) is 167 cm³/mol. The minimum atomic E-state index is -1.01. The largest absolute Gasteiger partial charge is 0.480 e. The van der Waals surface area contributed by atoms with E-state index in [1.165, 1.54) is 96.3 Å². The highest BCUT2D eigenvalue weighted by atomic mass is 16.5. The fourth-order valence-corrected chi connectivity index (χ4v) is 5.22. The summed E-state index contributed by atoms with van der Waals surface area (Å²) in [6.07, 6.45) is 30.7. The Morgan fingerprint density at radius 2 is 0.925 bits per heavy atom. The molecule has 0 fully saturated rings. The fraction of sp³-hybridized carbons (Fsp3) is 0.912. The molecule has 2 N–H and O–H groups in total. The van der Waals surface area contributed by atoms with Crippen molar-refractivity contribution < 1.29 is 24.2 Å². The molecule has 1 unspecified atom stereocenters. The summed E-state index contributed by atoms with van der Waals surface area (Å²) < 4.78 is 5.96. The van der Waals surface area contributed by atoms with Crippen molar-refractivity contribution in [3.05, 3.63) is 0 Å². The normalized spacial score (nSPS) is 11.8. The monoisotopic (exact) mass is 567 g/mol. The first-order valence-corrected chi connectivity index (χ1v) is 17.2. The average Bonchev–Trinajstić information content (AvgIpc) is 2.93. The smallest absolute Gasteiger partial charge is 0.322 e. The van der Waals surface area contributed by atoms with Gasteiger partial charge in [0, 0.05) is 12.8 Å². The Morgan fingerprint density at radius 3 is 1.35 bits per heavy atom. The van der Waals surface area contributed by atoms with Crippen LogP contribution in [-0.2, 0) is 19.1 Å². The Bertz CT molecular complexity index is 595. The third-order valence-electron chi connectivity index (χ3n) is 7.78. The minimum Gasteiger partial charge on any atom is -0.480 e. The van der Waals surface area contributed by atoms with Crippen molar-refractivity contribution in [2.24, 2.45) is 0 Å². The van der Waals surface area contributed by atoms with Crippen LogP contribution in [0.2, 0.25) is 0 Å². The number of carbonyl (C=O) groups excluding carboxylic acids is 2. The summed E-state index contributed by atoms with van der Waals surface area (Å²) in [6, 6.07) is 0. The Hall–Kier alpha value is -1.59. The van der Waals surface area contributed by atoms with Gasteiger partial charge in [-0.2, -0.15) is 0 Å². The van der Waals surface area contributed by atoms with Crippen molar-refractivity contribution in [3.8, 4) is 0 Å². The standard InChI is InChI=1S/C34H65NO5/c1-3-5-7-9-11-13-14-16-21-25-29-34(39)40-31(26-22-18-15-12-10-8-6-4-2)27-23-19-17-20-24-28-32(36)35-30-33(37)38/h31H,3-30H2,1-2H3,(H,35,36)(H,37,38). The van der Waals surface area contributed by atoms with E-state index in [0.717, 1.165) is 64.2 Å². The zero-order chi connectivity index (χ0) is 29.5. The maximum atomic E-state index is 12.6. The molecule has 0 heterocycles. The van der Waals surface area contributed by atoms with Crippen LogP contribution in [0.25, 0.3) is 0 Å². The molecule has 0 aromatic heterocycles. The highest BCUT2D eigenvalue weighted by Crippen LogP contribution is 2.19. The van der Waals surface area contributed by atoms with Crippen LogP contribution in [0, 0.1) is 0 Å². The minimum absolute atomic E-state index is 0.0171. The van der Waals surface area contributed by atoms with Crippen LogP contribution in [0.1, 0.15) is 187 Å². The second-order valence-electron chi connectivity index (χ2n) is 11.8. The number of esters is 1. The van der Waals surface area contributed by atoms with Crippen LogP contribution in [0.4, 0.5) is 0 Å². The van der Waals surface area contributed by atoms with E-state index in [0.29, 0.717) is 12.8 Å². The Labute approximate surface area is 247 Å². The van der Waals surface area contributed by atoms with Gasteiger partial charge in [-0.25, -0.2) is 0 Å². The number of rotatable bonds is 31. The van der Waals surface area contributed by atoms with Gasteiger partial charge in [0.15, 0.2) is 0 Å². The molecule has 0 aliphatic carbocycles. The highest BCUT2D eigenvalue weighted by molar-refractivity contribution is 5.80. The fourth-order valence-electron chi connectivity index (χ4n) is 5.22. The van der Waals surface area contributed by atoms with Gasteiger partial charge in [-0.3, -0.25) is 14.4 Å². The molecular weight excluding hydrogens is 502 g/mol. The quantitative estimate of drug-likeness (QED) is 0.0642. The van der Waals surface area contributed by atoms with E-state index in [1.54, 1.807) is 0 Å². The lowest BCUT2D eigenvalue weighted by molar-refractivity contribution is -0.150. The van der Waals surface area contributed by atoms with E-state index in [9.17, 15) is 14.4 Å². The first-order valence-electron chi connectivity index (χ1n) is 17.2. The first-order chi connectivity index (χ1) is 19.5. The SMILES string of the molecule is CCCCCCCCCCCCC(=O)OC(CCCCCCCCCC)CCCCCCCC(=O)NCC(=O)O. The predicted octanol–water partition coefficient (Wildman–Crippen LogP) is 9.67. The van der Waals surface area contributed by atoms with E-state index >= 15 is 0 Å². The molecule has 1 atom stereocenters. The summed E-state index contributed by atoms with van der Waals surface area (Å²) in [5.41, 5.74) is 0. The molecule has 6 heteroatoms. The molecule has 0 bridgehead atoms. The van der Waals surface area contributed by atoms with Gasteiger partial charge in [0.05, 0.1) is 0 Å². The van der Waals surface area contributed by atoms with E-state index in [-0.39, 0.29) is 24.5 Å². The molecule has 0 aliphatic heterocycles. The van der Waals surface area contributed by atoms with Crippen molar-refractivity contribution in [2.45, 2.75) is 193 Å². The number of hydrogen-bond donors (Lipinski definition) is 2. The van der Waals surface area contributed by atoms with Crippen LogP contribution in [0.5, 0.6) is 0 Å². The number of carbonyl (C=O) groups is 3. The van der Waals surface area contributed by atoms with E-state index in [1.807, 2.05) is 0 Å². The molecular formula is C34H65NO5. The number of carboxylic acids is 1. The number of ether oxygens (including phenoxy) is 1. The molecule has 0 saturated carbocycles. The lowest BCUT2D eigenvalue weighted by Gasteiger charge is -2.18. The van der Waals surface area contributed by atoms with Crippen LogP contribution >= 0.6 is 0 Å². The summed E-state index contributed by atoms with van der Waals surface area (Å²) >= 11 is 0. The molecule has 40 heavy (non-hydrogen) atoms.